The molecule has 1 heteroatoms. The second-order valence-electron chi connectivity index (χ2n) is 4.40. The van der Waals surface area contributed by atoms with Gasteiger partial charge >= 0.3 is 0 Å². The predicted octanol–water partition coefficient (Wildman–Crippen LogP) is 2.96. The first-order valence-electron chi connectivity index (χ1n) is 6.06. The zero-order chi connectivity index (χ0) is 10.2. The maximum absolute atomic E-state index is 5.49. The molecule has 1 aliphatic rings. The molecule has 0 aromatic heterocycles. The van der Waals surface area contributed by atoms with E-state index in [0.717, 1.165) is 12.5 Å². The molecule has 0 spiro atoms. The first-order valence-corrected chi connectivity index (χ1v) is 6.06. The highest BCUT2D eigenvalue weighted by Crippen LogP contribution is 2.28. The van der Waals surface area contributed by atoms with Gasteiger partial charge in [-0.3, -0.25) is 0 Å². The molecule has 80 valence electrons. The Morgan fingerprint density at radius 2 is 2.14 bits per heavy atom. The fraction of sp³-hybridized carbons (Fsp3) is 0.846. The third kappa shape index (κ3) is 4.15. The van der Waals surface area contributed by atoms with Crippen molar-refractivity contribution >= 4 is 0 Å². The molecular weight excluding hydrogens is 170 g/mol. The third-order valence-corrected chi connectivity index (χ3v) is 3.18. The van der Waals surface area contributed by atoms with E-state index in [4.69, 9.17) is 6.42 Å². The molecule has 0 heterocycles. The van der Waals surface area contributed by atoms with E-state index in [1.807, 2.05) is 0 Å². The van der Waals surface area contributed by atoms with Crippen molar-refractivity contribution in [1.82, 2.24) is 5.32 Å². The van der Waals surface area contributed by atoms with E-state index < -0.39 is 0 Å². The number of hydrogen-bond acceptors (Lipinski definition) is 1. The zero-order valence-corrected chi connectivity index (χ0v) is 9.39. The predicted molar refractivity (Wildman–Crippen MR) is 62.1 cm³/mol. The van der Waals surface area contributed by atoms with E-state index >= 15 is 0 Å². The minimum absolute atomic E-state index is 0.315. The Morgan fingerprint density at radius 1 is 1.43 bits per heavy atom. The Hall–Kier alpha value is -0.480. The molecule has 0 aliphatic heterocycles. The number of nitrogens with one attached hydrogen (secondary N) is 1. The molecule has 1 atom stereocenters. The van der Waals surface area contributed by atoms with E-state index in [2.05, 4.69) is 18.2 Å². The van der Waals surface area contributed by atoms with Crippen LogP contribution in [0, 0.1) is 18.3 Å². The van der Waals surface area contributed by atoms with Crippen LogP contribution >= 0.6 is 0 Å². The van der Waals surface area contributed by atoms with Gasteiger partial charge < -0.3 is 5.32 Å². The van der Waals surface area contributed by atoms with Gasteiger partial charge in [0, 0.05) is 0 Å². The maximum Gasteiger partial charge on any atom is 0.0687 e. The van der Waals surface area contributed by atoms with Crippen LogP contribution in [-0.2, 0) is 0 Å². The van der Waals surface area contributed by atoms with Crippen LogP contribution in [-0.4, -0.2) is 12.6 Å². The van der Waals surface area contributed by atoms with Crippen molar-refractivity contribution < 1.29 is 0 Å². The summed E-state index contributed by atoms with van der Waals surface area (Å²) in [5, 5.41) is 3.41. The van der Waals surface area contributed by atoms with Crippen molar-refractivity contribution in [2.45, 2.75) is 57.9 Å². The topological polar surface area (TPSA) is 12.0 Å². The lowest BCUT2D eigenvalue weighted by molar-refractivity contribution is 0.444. The molecule has 1 fully saturated rings. The first kappa shape index (κ1) is 11.6. The molecule has 1 aliphatic carbocycles. The average Bonchev–Trinajstić information content (AvgIpc) is 2.71. The Kier molecular flexibility index (Phi) is 5.71. The second-order valence-corrected chi connectivity index (χ2v) is 4.40. The van der Waals surface area contributed by atoms with Crippen molar-refractivity contribution in [3.05, 3.63) is 0 Å². The molecule has 1 unspecified atom stereocenters. The summed E-state index contributed by atoms with van der Waals surface area (Å²) >= 11 is 0. The van der Waals surface area contributed by atoms with Crippen molar-refractivity contribution in [2.24, 2.45) is 5.92 Å². The van der Waals surface area contributed by atoms with Gasteiger partial charge in [0.15, 0.2) is 0 Å². The van der Waals surface area contributed by atoms with Crippen LogP contribution < -0.4 is 5.32 Å². The van der Waals surface area contributed by atoms with Crippen LogP contribution in [0.3, 0.4) is 0 Å². The van der Waals surface area contributed by atoms with Crippen LogP contribution in [0.4, 0.5) is 0 Å². The Bertz CT molecular complexity index is 174. The molecule has 0 amide bonds. The van der Waals surface area contributed by atoms with Gasteiger partial charge in [-0.15, -0.1) is 6.42 Å². The monoisotopic (exact) mass is 193 g/mol. The van der Waals surface area contributed by atoms with Crippen LogP contribution in [0.25, 0.3) is 0 Å². The summed E-state index contributed by atoms with van der Waals surface area (Å²) in [4.78, 5) is 0. The van der Waals surface area contributed by atoms with Crippen LogP contribution in [0.1, 0.15) is 51.9 Å². The summed E-state index contributed by atoms with van der Waals surface area (Å²) in [6.07, 6.45) is 14.9. The molecule has 1 saturated carbocycles. The normalized spacial score (nSPS) is 19.4. The van der Waals surface area contributed by atoms with Crippen LogP contribution in [0.5, 0.6) is 0 Å². The lowest BCUT2D eigenvalue weighted by Crippen LogP contribution is -2.28. The lowest BCUT2D eigenvalue weighted by Gasteiger charge is -2.14. The molecule has 1 N–H and O–H groups in total. The van der Waals surface area contributed by atoms with Gasteiger partial charge in [-0.25, -0.2) is 0 Å². The molecule has 0 saturated heterocycles. The second kappa shape index (κ2) is 6.90. The highest BCUT2D eigenvalue weighted by atomic mass is 14.9. The summed E-state index contributed by atoms with van der Waals surface area (Å²) in [5.41, 5.74) is 0. The zero-order valence-electron chi connectivity index (χ0n) is 9.39. The van der Waals surface area contributed by atoms with Gasteiger partial charge in [0.25, 0.3) is 0 Å². The number of hydrogen-bond donors (Lipinski definition) is 1. The van der Waals surface area contributed by atoms with Crippen LogP contribution in [0.15, 0.2) is 0 Å². The summed E-state index contributed by atoms with van der Waals surface area (Å²) in [6, 6.07) is 0.315. The Morgan fingerprint density at radius 3 is 2.71 bits per heavy atom. The fourth-order valence-electron chi connectivity index (χ4n) is 2.26. The maximum atomic E-state index is 5.49. The van der Waals surface area contributed by atoms with E-state index in [9.17, 15) is 0 Å². The molecule has 0 aromatic carbocycles. The summed E-state index contributed by atoms with van der Waals surface area (Å²) in [7, 11) is 0. The van der Waals surface area contributed by atoms with Gasteiger partial charge in [0.2, 0.25) is 0 Å². The summed E-state index contributed by atoms with van der Waals surface area (Å²) in [6.45, 7) is 3.23. The quantitative estimate of drug-likeness (QED) is 0.639. The van der Waals surface area contributed by atoms with Gasteiger partial charge in [0.05, 0.1) is 6.04 Å². The third-order valence-electron chi connectivity index (χ3n) is 3.18. The largest absolute Gasteiger partial charge is 0.304 e. The summed E-state index contributed by atoms with van der Waals surface area (Å²) in [5.74, 6) is 3.82. The van der Waals surface area contributed by atoms with Crippen molar-refractivity contribution in [3.63, 3.8) is 0 Å². The lowest BCUT2D eigenvalue weighted by atomic mass is 9.99. The Balaban J connectivity index is 2.10. The number of rotatable bonds is 6. The van der Waals surface area contributed by atoms with Gasteiger partial charge in [-0.2, -0.15) is 0 Å². The summed E-state index contributed by atoms with van der Waals surface area (Å²) < 4.78 is 0. The molecule has 0 radical (unpaired) electrons. The minimum atomic E-state index is 0.315. The molecule has 1 nitrogen and oxygen atoms in total. The van der Waals surface area contributed by atoms with E-state index in [1.165, 1.54) is 44.9 Å². The van der Waals surface area contributed by atoms with E-state index in [-0.39, 0.29) is 0 Å². The first-order chi connectivity index (χ1) is 6.86. The average molecular weight is 193 g/mol. The fourth-order valence-corrected chi connectivity index (χ4v) is 2.26. The van der Waals surface area contributed by atoms with Crippen molar-refractivity contribution in [3.8, 4) is 12.3 Å². The van der Waals surface area contributed by atoms with E-state index in [0.29, 0.717) is 6.04 Å². The molecule has 1 rings (SSSR count). The minimum Gasteiger partial charge on any atom is -0.304 e. The van der Waals surface area contributed by atoms with Crippen molar-refractivity contribution in [2.75, 3.05) is 6.54 Å². The molecule has 14 heavy (non-hydrogen) atoms. The highest BCUT2D eigenvalue weighted by molar-refractivity contribution is 4.98. The SMILES string of the molecule is C#CC(CCC1CCCC1)NCCC. The smallest absolute Gasteiger partial charge is 0.0687 e. The molecule has 0 aromatic rings. The standard InChI is InChI=1S/C13H23N/c1-3-11-14-13(4-2)10-9-12-7-5-6-8-12/h2,12-14H,3,5-11H2,1H3. The Labute approximate surface area is 88.7 Å². The molecular formula is C13H23N. The van der Waals surface area contributed by atoms with Gasteiger partial charge in [-0.05, 0) is 31.7 Å². The van der Waals surface area contributed by atoms with Gasteiger partial charge in [0.1, 0.15) is 0 Å². The van der Waals surface area contributed by atoms with Crippen molar-refractivity contribution in [1.29, 1.82) is 0 Å². The number of terminal acetylenes is 1. The van der Waals surface area contributed by atoms with Crippen LogP contribution in [0.2, 0.25) is 0 Å². The van der Waals surface area contributed by atoms with E-state index in [1.54, 1.807) is 0 Å². The van der Waals surface area contributed by atoms with Gasteiger partial charge in [-0.1, -0.05) is 38.5 Å². The highest BCUT2D eigenvalue weighted by Gasteiger charge is 2.16. The molecule has 0 bridgehead atoms.